The van der Waals surface area contributed by atoms with Crippen LogP contribution < -0.4 is 10.6 Å². The number of nitrogens with one attached hydrogen (secondary N) is 2. The van der Waals surface area contributed by atoms with Gasteiger partial charge in [-0.2, -0.15) is 0 Å². The SMILES string of the molecule is Cc1ccc(CCCCC(=O)N2CCC(NC(=O)Nc3ccc(F)cc3)C2)cc1. The molecule has 154 valence electrons. The van der Waals surface area contributed by atoms with Gasteiger partial charge in [0.15, 0.2) is 0 Å². The highest BCUT2D eigenvalue weighted by Gasteiger charge is 2.26. The van der Waals surface area contributed by atoms with Crippen LogP contribution in [-0.4, -0.2) is 36.0 Å². The minimum absolute atomic E-state index is 0.0630. The van der Waals surface area contributed by atoms with Crippen molar-refractivity contribution >= 4 is 17.6 Å². The first-order valence-electron chi connectivity index (χ1n) is 10.2. The number of urea groups is 1. The second-order valence-corrected chi connectivity index (χ2v) is 7.62. The summed E-state index contributed by atoms with van der Waals surface area (Å²) in [5.41, 5.74) is 3.09. The van der Waals surface area contributed by atoms with E-state index in [-0.39, 0.29) is 23.8 Å². The summed E-state index contributed by atoms with van der Waals surface area (Å²) in [6.07, 6.45) is 4.13. The van der Waals surface area contributed by atoms with Crippen LogP contribution in [0.1, 0.15) is 36.8 Å². The summed E-state index contributed by atoms with van der Waals surface area (Å²) in [7, 11) is 0. The molecule has 3 rings (SSSR count). The van der Waals surface area contributed by atoms with E-state index in [9.17, 15) is 14.0 Å². The minimum atomic E-state index is -0.347. The fraction of sp³-hybridized carbons (Fsp3) is 0.391. The van der Waals surface area contributed by atoms with E-state index >= 15 is 0 Å². The van der Waals surface area contributed by atoms with Crippen molar-refractivity contribution in [2.45, 2.75) is 45.1 Å². The lowest BCUT2D eigenvalue weighted by molar-refractivity contribution is -0.130. The van der Waals surface area contributed by atoms with E-state index in [0.717, 1.165) is 25.7 Å². The quantitative estimate of drug-likeness (QED) is 0.686. The third kappa shape index (κ3) is 6.59. The number of aryl methyl sites for hydroxylation is 2. The Morgan fingerprint density at radius 3 is 2.52 bits per heavy atom. The Balaban J connectivity index is 1.34. The first kappa shape index (κ1) is 20.8. The van der Waals surface area contributed by atoms with E-state index < -0.39 is 0 Å². The number of likely N-dealkylation sites (tertiary alicyclic amines) is 1. The molecule has 0 bridgehead atoms. The molecule has 0 aliphatic carbocycles. The Morgan fingerprint density at radius 2 is 1.79 bits per heavy atom. The Morgan fingerprint density at radius 1 is 1.07 bits per heavy atom. The molecule has 0 radical (unpaired) electrons. The van der Waals surface area contributed by atoms with Crippen LogP contribution in [-0.2, 0) is 11.2 Å². The molecule has 1 fully saturated rings. The molecule has 1 unspecified atom stereocenters. The molecule has 29 heavy (non-hydrogen) atoms. The molecular weight excluding hydrogens is 369 g/mol. The first-order chi connectivity index (χ1) is 14.0. The van der Waals surface area contributed by atoms with Gasteiger partial charge in [-0.15, -0.1) is 0 Å². The van der Waals surface area contributed by atoms with Gasteiger partial charge in [0.25, 0.3) is 0 Å². The molecule has 0 aromatic heterocycles. The molecule has 2 aromatic rings. The van der Waals surface area contributed by atoms with Gasteiger partial charge >= 0.3 is 6.03 Å². The molecule has 2 aromatic carbocycles. The molecule has 0 saturated carbocycles. The van der Waals surface area contributed by atoms with Crippen LogP contribution in [0.25, 0.3) is 0 Å². The highest BCUT2D eigenvalue weighted by molar-refractivity contribution is 5.89. The third-order valence-electron chi connectivity index (χ3n) is 5.20. The largest absolute Gasteiger partial charge is 0.341 e. The number of hydrogen-bond donors (Lipinski definition) is 2. The Bertz CT molecular complexity index is 821. The van der Waals surface area contributed by atoms with Gasteiger partial charge in [-0.1, -0.05) is 29.8 Å². The predicted molar refractivity (Wildman–Crippen MR) is 112 cm³/mol. The lowest BCUT2D eigenvalue weighted by Gasteiger charge is -2.17. The number of halogens is 1. The first-order valence-corrected chi connectivity index (χ1v) is 10.2. The van der Waals surface area contributed by atoms with Crippen LogP contribution in [0.3, 0.4) is 0 Å². The Kier molecular flexibility index (Phi) is 7.22. The molecule has 2 N–H and O–H groups in total. The number of carbonyl (C=O) groups is 2. The summed E-state index contributed by atoms with van der Waals surface area (Å²) in [4.78, 5) is 26.3. The Hall–Kier alpha value is -2.89. The van der Waals surface area contributed by atoms with Crippen LogP contribution in [0.5, 0.6) is 0 Å². The van der Waals surface area contributed by atoms with Crippen molar-refractivity contribution in [1.29, 1.82) is 0 Å². The van der Waals surface area contributed by atoms with Gasteiger partial charge in [-0.05, 0) is 62.4 Å². The van der Waals surface area contributed by atoms with Crippen molar-refractivity contribution in [3.8, 4) is 0 Å². The van der Waals surface area contributed by atoms with Gasteiger partial charge in [-0.25, -0.2) is 9.18 Å². The van der Waals surface area contributed by atoms with E-state index in [0.29, 0.717) is 25.2 Å². The highest BCUT2D eigenvalue weighted by atomic mass is 19.1. The number of amides is 3. The maximum absolute atomic E-state index is 12.9. The second kappa shape index (κ2) is 10.0. The van der Waals surface area contributed by atoms with Crippen molar-refractivity contribution in [3.05, 3.63) is 65.5 Å². The van der Waals surface area contributed by atoms with Crippen molar-refractivity contribution in [1.82, 2.24) is 10.2 Å². The molecule has 5 nitrogen and oxygen atoms in total. The number of nitrogens with zero attached hydrogens (tertiary/aromatic N) is 1. The smallest absolute Gasteiger partial charge is 0.319 e. The fourth-order valence-corrected chi connectivity index (χ4v) is 3.51. The van der Waals surface area contributed by atoms with Gasteiger partial charge in [0.2, 0.25) is 5.91 Å². The number of benzene rings is 2. The van der Waals surface area contributed by atoms with E-state index in [4.69, 9.17) is 0 Å². The normalized spacial score (nSPS) is 15.9. The maximum Gasteiger partial charge on any atom is 0.319 e. The van der Waals surface area contributed by atoms with Crippen LogP contribution in [0.2, 0.25) is 0 Å². The zero-order valence-corrected chi connectivity index (χ0v) is 16.8. The number of carbonyl (C=O) groups excluding carboxylic acids is 2. The summed E-state index contributed by atoms with van der Waals surface area (Å²) in [5.74, 6) is -0.197. The molecular formula is C23H28FN3O2. The average molecular weight is 397 g/mol. The lowest BCUT2D eigenvalue weighted by atomic mass is 10.1. The third-order valence-corrected chi connectivity index (χ3v) is 5.20. The van der Waals surface area contributed by atoms with E-state index in [2.05, 4.69) is 41.8 Å². The van der Waals surface area contributed by atoms with E-state index in [1.54, 1.807) is 0 Å². The van der Waals surface area contributed by atoms with Gasteiger partial charge in [0.05, 0.1) is 0 Å². The molecule has 1 saturated heterocycles. The maximum atomic E-state index is 12.9. The highest BCUT2D eigenvalue weighted by Crippen LogP contribution is 2.14. The lowest BCUT2D eigenvalue weighted by Crippen LogP contribution is -2.40. The Labute approximate surface area is 171 Å². The summed E-state index contributed by atoms with van der Waals surface area (Å²) < 4.78 is 12.9. The van der Waals surface area contributed by atoms with Crippen LogP contribution >= 0.6 is 0 Å². The van der Waals surface area contributed by atoms with Gasteiger partial charge in [-0.3, -0.25) is 4.79 Å². The number of unbranched alkanes of at least 4 members (excludes halogenated alkanes) is 1. The number of rotatable bonds is 7. The molecule has 0 spiro atoms. The van der Waals surface area contributed by atoms with Gasteiger partial charge < -0.3 is 15.5 Å². The zero-order chi connectivity index (χ0) is 20.6. The van der Waals surface area contributed by atoms with E-state index in [1.165, 1.54) is 35.4 Å². The zero-order valence-electron chi connectivity index (χ0n) is 16.8. The molecule has 1 heterocycles. The van der Waals surface area contributed by atoms with E-state index in [1.807, 2.05) is 4.90 Å². The molecule has 6 heteroatoms. The minimum Gasteiger partial charge on any atom is -0.341 e. The van der Waals surface area contributed by atoms with Crippen molar-refractivity contribution in [2.75, 3.05) is 18.4 Å². The standard InChI is InChI=1S/C23H28FN3O2/c1-17-6-8-18(9-7-17)4-2-3-5-22(28)27-15-14-21(16-27)26-23(29)25-20-12-10-19(24)11-13-20/h6-13,21H,2-5,14-16H2,1H3,(H2,25,26,29). The van der Waals surface area contributed by atoms with Gasteiger partial charge in [0, 0.05) is 31.2 Å². The van der Waals surface area contributed by atoms with Gasteiger partial charge in [0.1, 0.15) is 5.82 Å². The summed E-state index contributed by atoms with van der Waals surface area (Å²) >= 11 is 0. The van der Waals surface area contributed by atoms with Crippen LogP contribution in [0.4, 0.5) is 14.9 Å². The predicted octanol–water partition coefficient (Wildman–Crippen LogP) is 4.27. The number of anilines is 1. The molecule has 1 atom stereocenters. The molecule has 1 aliphatic heterocycles. The second-order valence-electron chi connectivity index (χ2n) is 7.62. The monoisotopic (exact) mass is 397 g/mol. The molecule has 3 amide bonds. The van der Waals surface area contributed by atoms with Crippen LogP contribution in [0, 0.1) is 12.7 Å². The van der Waals surface area contributed by atoms with Crippen molar-refractivity contribution in [3.63, 3.8) is 0 Å². The topological polar surface area (TPSA) is 61.4 Å². The fourth-order valence-electron chi connectivity index (χ4n) is 3.51. The average Bonchev–Trinajstić information content (AvgIpc) is 3.16. The number of hydrogen-bond acceptors (Lipinski definition) is 2. The summed E-state index contributed by atoms with van der Waals surface area (Å²) in [5, 5.41) is 5.56. The van der Waals surface area contributed by atoms with Crippen molar-refractivity contribution in [2.24, 2.45) is 0 Å². The van der Waals surface area contributed by atoms with Crippen molar-refractivity contribution < 1.29 is 14.0 Å². The van der Waals surface area contributed by atoms with Crippen LogP contribution in [0.15, 0.2) is 48.5 Å². The summed E-state index contributed by atoms with van der Waals surface area (Å²) in [6.45, 7) is 3.28. The summed E-state index contributed by atoms with van der Waals surface area (Å²) in [6, 6.07) is 13.7. The molecule has 1 aliphatic rings.